The highest BCUT2D eigenvalue weighted by atomic mass is 16.6. The van der Waals surface area contributed by atoms with Gasteiger partial charge in [0.15, 0.2) is 6.10 Å². The first kappa shape index (κ1) is 60.8. The van der Waals surface area contributed by atoms with Crippen molar-refractivity contribution in [2.75, 3.05) is 13.2 Å². The summed E-state index contributed by atoms with van der Waals surface area (Å²) in [7, 11) is 0. The number of ether oxygens (including phenoxy) is 3. The van der Waals surface area contributed by atoms with E-state index in [1.165, 1.54) is 166 Å². The molecule has 0 aromatic heterocycles. The van der Waals surface area contributed by atoms with Crippen molar-refractivity contribution < 1.29 is 28.6 Å². The summed E-state index contributed by atoms with van der Waals surface area (Å²) in [5.74, 6) is -1.56. The van der Waals surface area contributed by atoms with Crippen molar-refractivity contribution in [1.82, 2.24) is 0 Å². The minimum atomic E-state index is -0.913. The molecule has 0 fully saturated rings. The summed E-state index contributed by atoms with van der Waals surface area (Å²) in [6.07, 6.45) is 73.0. The van der Waals surface area contributed by atoms with Gasteiger partial charge in [-0.2, -0.15) is 0 Å². The molecule has 0 spiro atoms. The van der Waals surface area contributed by atoms with E-state index in [4.69, 9.17) is 14.2 Å². The number of esters is 3. The second kappa shape index (κ2) is 52.4. The van der Waals surface area contributed by atoms with E-state index in [0.717, 1.165) is 32.1 Å². The van der Waals surface area contributed by atoms with Crippen LogP contribution >= 0.6 is 0 Å². The summed E-state index contributed by atoms with van der Waals surface area (Å²) in [6.45, 7) is 6.31. The highest BCUT2D eigenvalue weighted by molar-refractivity contribution is 5.83. The molecule has 0 aromatic carbocycles. The Morgan fingerprint density at radius 3 is 0.954 bits per heavy atom. The summed E-state index contributed by atoms with van der Waals surface area (Å²) in [4.78, 5) is 37.7. The van der Waals surface area contributed by atoms with Gasteiger partial charge in [0, 0.05) is 18.6 Å². The Morgan fingerprint density at radius 1 is 0.338 bits per heavy atom. The molecule has 0 aliphatic heterocycles. The lowest BCUT2D eigenvalue weighted by Gasteiger charge is -2.17. The summed E-state index contributed by atoms with van der Waals surface area (Å²) in [5.41, 5.74) is 0. The van der Waals surface area contributed by atoms with Gasteiger partial charge in [-0.25, -0.2) is 9.59 Å². The first-order valence-electron chi connectivity index (χ1n) is 26.2. The molecule has 0 atom stereocenters. The number of rotatable bonds is 45. The minimum absolute atomic E-state index is 0.224. The lowest BCUT2D eigenvalue weighted by molar-refractivity contribution is -0.164. The number of carbonyl (C=O) groups excluding carboxylic acids is 3. The molecule has 0 aromatic rings. The first-order chi connectivity index (χ1) is 32.0. The van der Waals surface area contributed by atoms with Crippen molar-refractivity contribution >= 4 is 17.9 Å². The lowest BCUT2D eigenvalue weighted by Crippen LogP contribution is -2.30. The van der Waals surface area contributed by atoms with E-state index in [2.05, 4.69) is 45.1 Å². The van der Waals surface area contributed by atoms with Gasteiger partial charge in [-0.1, -0.05) is 284 Å². The molecule has 6 nitrogen and oxygen atoms in total. The molecule has 0 saturated heterocycles. The van der Waals surface area contributed by atoms with Crippen molar-refractivity contribution in [2.45, 2.75) is 219 Å². The van der Waals surface area contributed by atoms with Crippen LogP contribution in [0.3, 0.4) is 0 Å². The number of hydrogen-bond donors (Lipinski definition) is 0. The van der Waals surface area contributed by atoms with Gasteiger partial charge in [0.25, 0.3) is 0 Å². The van der Waals surface area contributed by atoms with E-state index >= 15 is 0 Å². The monoisotopic (exact) mass is 899 g/mol. The minimum Gasteiger partial charge on any atom is -0.458 e. The number of allylic oxidation sites excluding steroid dienone is 18. The molecule has 0 amide bonds. The Morgan fingerprint density at radius 2 is 0.615 bits per heavy atom. The topological polar surface area (TPSA) is 78.9 Å². The third kappa shape index (κ3) is 50.7. The third-order valence-corrected chi connectivity index (χ3v) is 10.8. The fourth-order valence-corrected chi connectivity index (χ4v) is 6.92. The van der Waals surface area contributed by atoms with Crippen molar-refractivity contribution in [3.63, 3.8) is 0 Å². The second-order valence-corrected chi connectivity index (χ2v) is 17.1. The van der Waals surface area contributed by atoms with Gasteiger partial charge >= 0.3 is 17.9 Å². The van der Waals surface area contributed by atoms with Crippen LogP contribution < -0.4 is 0 Å². The van der Waals surface area contributed by atoms with Gasteiger partial charge in [0.2, 0.25) is 0 Å². The Bertz CT molecular complexity index is 1320. The van der Waals surface area contributed by atoms with Crippen LogP contribution in [0.4, 0.5) is 0 Å². The van der Waals surface area contributed by atoms with Gasteiger partial charge < -0.3 is 14.2 Å². The Kier molecular flexibility index (Phi) is 49.1. The van der Waals surface area contributed by atoms with Crippen LogP contribution in [0.1, 0.15) is 213 Å². The molecule has 366 valence electrons. The molecule has 0 aliphatic carbocycles. The zero-order valence-electron chi connectivity index (χ0n) is 41.7. The normalized spacial score (nSPS) is 13.1. The molecule has 6 heteroatoms. The second-order valence-electron chi connectivity index (χ2n) is 17.1. The van der Waals surface area contributed by atoms with E-state index in [9.17, 15) is 14.4 Å². The summed E-state index contributed by atoms with van der Waals surface area (Å²) < 4.78 is 16.4. The van der Waals surface area contributed by atoms with Crippen LogP contribution in [0.5, 0.6) is 0 Å². The van der Waals surface area contributed by atoms with Gasteiger partial charge in [0.1, 0.15) is 13.2 Å². The van der Waals surface area contributed by atoms with Crippen molar-refractivity contribution in [1.29, 1.82) is 0 Å². The molecule has 0 aliphatic rings. The quantitative estimate of drug-likeness (QED) is 0.0199. The van der Waals surface area contributed by atoms with Gasteiger partial charge in [-0.3, -0.25) is 4.79 Å². The Labute approximate surface area is 399 Å². The smallest absolute Gasteiger partial charge is 0.330 e. The highest BCUT2D eigenvalue weighted by Gasteiger charge is 2.18. The molecule has 0 rings (SSSR count). The summed E-state index contributed by atoms with van der Waals surface area (Å²) >= 11 is 0. The van der Waals surface area contributed by atoms with Crippen LogP contribution in [-0.2, 0) is 28.6 Å². The SMILES string of the molecule is CCCCCCCCCC=CC=CC=CC=CC=CC(=O)OCC(COC(=O)C=CC=CC=CC=CC=CCCCCCCCCC)OC(=O)CCCCCCCCCCCCCCC. The summed E-state index contributed by atoms with van der Waals surface area (Å²) in [6, 6.07) is 0. The van der Waals surface area contributed by atoms with Crippen LogP contribution in [0.15, 0.2) is 122 Å². The molecular weight excluding hydrogens is 805 g/mol. The van der Waals surface area contributed by atoms with E-state index in [1.54, 1.807) is 24.3 Å². The third-order valence-electron chi connectivity index (χ3n) is 10.8. The molecule has 0 radical (unpaired) electrons. The Balaban J connectivity index is 4.76. The largest absolute Gasteiger partial charge is 0.458 e. The van der Waals surface area contributed by atoms with E-state index in [-0.39, 0.29) is 19.6 Å². The fourth-order valence-electron chi connectivity index (χ4n) is 6.92. The van der Waals surface area contributed by atoms with Crippen molar-refractivity contribution in [3.8, 4) is 0 Å². The van der Waals surface area contributed by atoms with Crippen molar-refractivity contribution in [2.24, 2.45) is 0 Å². The number of unbranched alkanes of at least 4 members (excludes halogenated alkanes) is 26. The lowest BCUT2D eigenvalue weighted by atomic mass is 10.0. The fraction of sp³-hybridized carbons (Fsp3) is 0.610. The predicted octanol–water partition coefficient (Wildman–Crippen LogP) is 17.3. The van der Waals surface area contributed by atoms with E-state index in [1.807, 2.05) is 60.8 Å². The van der Waals surface area contributed by atoms with E-state index in [0.29, 0.717) is 0 Å². The maximum absolute atomic E-state index is 12.8. The van der Waals surface area contributed by atoms with Crippen LogP contribution in [0, 0.1) is 0 Å². The molecule has 0 heterocycles. The molecular formula is C59H94O6. The zero-order chi connectivity index (χ0) is 47.2. The van der Waals surface area contributed by atoms with Gasteiger partial charge in [0.05, 0.1) is 0 Å². The van der Waals surface area contributed by atoms with Gasteiger partial charge in [-0.15, -0.1) is 0 Å². The zero-order valence-corrected chi connectivity index (χ0v) is 41.7. The van der Waals surface area contributed by atoms with Crippen molar-refractivity contribution in [3.05, 3.63) is 122 Å². The maximum Gasteiger partial charge on any atom is 0.330 e. The van der Waals surface area contributed by atoms with Crippen LogP contribution in [0.2, 0.25) is 0 Å². The average Bonchev–Trinajstić information content (AvgIpc) is 3.30. The molecule has 0 saturated carbocycles. The predicted molar refractivity (Wildman–Crippen MR) is 279 cm³/mol. The van der Waals surface area contributed by atoms with Crippen LogP contribution in [-0.4, -0.2) is 37.2 Å². The Hall–Kier alpha value is -4.19. The molecule has 0 bridgehead atoms. The number of hydrogen-bond acceptors (Lipinski definition) is 6. The van der Waals surface area contributed by atoms with Gasteiger partial charge in [-0.05, 0) is 32.1 Å². The maximum atomic E-state index is 12.8. The van der Waals surface area contributed by atoms with Crippen LogP contribution in [0.25, 0.3) is 0 Å². The summed E-state index contributed by atoms with van der Waals surface area (Å²) in [5, 5.41) is 0. The van der Waals surface area contributed by atoms with E-state index < -0.39 is 24.0 Å². The standard InChI is InChI=1S/C59H94O6/c1-4-7-10-13-16-19-22-25-27-29-31-34-36-39-42-45-48-51-57(60)63-54-56(65-59(62)53-50-47-44-41-38-33-24-21-18-15-12-9-6-3)55-64-58(61)52-49-46-43-40-37-35-32-30-28-26-23-20-17-14-11-8-5-2/h27-32,34-37,39-40,42-43,45-46,48-49,51-52,56H,4-26,33,38,41,44,47,50,53-55H2,1-3H3. The number of carbonyl (C=O) groups is 3. The molecule has 0 unspecified atom stereocenters. The molecule has 0 N–H and O–H groups in total. The molecule has 65 heavy (non-hydrogen) atoms. The highest BCUT2D eigenvalue weighted by Crippen LogP contribution is 2.14. The average molecular weight is 899 g/mol. The first-order valence-corrected chi connectivity index (χ1v) is 26.2.